The minimum atomic E-state index is -3.43. The number of rotatable bonds is 5. The number of hydrogen-bond acceptors (Lipinski definition) is 3. The molecule has 0 fully saturated rings. The molecule has 0 amide bonds. The lowest BCUT2D eigenvalue weighted by molar-refractivity contribution is 0.582. The van der Waals surface area contributed by atoms with Gasteiger partial charge in [0.2, 0.25) is 10.0 Å². The summed E-state index contributed by atoms with van der Waals surface area (Å²) in [5, 5.41) is 0. The topological polar surface area (TPSA) is 46.2 Å². The largest absolute Gasteiger partial charge is 0.250 e. The summed E-state index contributed by atoms with van der Waals surface area (Å²) in [5.41, 5.74) is 0.774. The number of aryl methyl sites for hydroxylation is 1. The Morgan fingerprint density at radius 2 is 2.31 bits per heavy atom. The fourth-order valence-electron chi connectivity index (χ4n) is 1.03. The third kappa shape index (κ3) is 3.49. The molecule has 0 atom stereocenters. The van der Waals surface area contributed by atoms with E-state index in [4.69, 9.17) is 18.0 Å². The summed E-state index contributed by atoms with van der Waals surface area (Å²) in [4.78, 5) is 0. The number of unbranched alkanes of at least 4 members (excludes halogenated alkanes) is 1. The van der Waals surface area contributed by atoms with Crippen LogP contribution in [-0.2, 0) is 10.0 Å². The summed E-state index contributed by atoms with van der Waals surface area (Å²) >= 11 is 6.88. The van der Waals surface area contributed by atoms with Gasteiger partial charge < -0.3 is 0 Å². The van der Waals surface area contributed by atoms with E-state index in [1.165, 1.54) is 0 Å². The number of nitrogens with one attached hydrogen (secondary N) is 1. The Kier molecular flexibility index (Phi) is 4.81. The fraction of sp³-hybridized carbons (Fsp3) is 0.400. The van der Waals surface area contributed by atoms with Gasteiger partial charge in [-0.2, -0.15) is 0 Å². The monoisotopic (exact) mass is 277 g/mol. The first-order valence-corrected chi connectivity index (χ1v) is 7.34. The number of halogens is 1. The molecule has 0 unspecified atom stereocenters. The zero-order valence-electron chi connectivity index (χ0n) is 8.79. The SMILES string of the molecule is C#CCCCNS(=O)(=O)c1cc(C)c(Cl)s1. The van der Waals surface area contributed by atoms with Crippen LogP contribution in [0.15, 0.2) is 10.3 Å². The number of terminal acetylenes is 1. The van der Waals surface area contributed by atoms with Crippen LogP contribution in [-0.4, -0.2) is 15.0 Å². The van der Waals surface area contributed by atoms with Gasteiger partial charge in [-0.05, 0) is 25.0 Å². The van der Waals surface area contributed by atoms with Crippen LogP contribution >= 0.6 is 22.9 Å². The van der Waals surface area contributed by atoms with Crippen molar-refractivity contribution < 1.29 is 8.42 Å². The smallest absolute Gasteiger partial charge is 0.210 e. The van der Waals surface area contributed by atoms with Crippen LogP contribution in [0.3, 0.4) is 0 Å². The molecule has 0 aromatic carbocycles. The van der Waals surface area contributed by atoms with Crippen molar-refractivity contribution in [3.63, 3.8) is 0 Å². The second-order valence-corrected chi connectivity index (χ2v) is 6.88. The average Bonchev–Trinajstić information content (AvgIpc) is 2.55. The Hall–Kier alpha value is -0.540. The second kappa shape index (κ2) is 5.69. The van der Waals surface area contributed by atoms with Crippen molar-refractivity contribution in [2.24, 2.45) is 0 Å². The molecule has 0 aliphatic heterocycles. The molecule has 3 nitrogen and oxygen atoms in total. The van der Waals surface area contributed by atoms with Crippen molar-refractivity contribution in [2.45, 2.75) is 24.0 Å². The molecule has 0 bridgehead atoms. The number of hydrogen-bond donors (Lipinski definition) is 1. The Bertz CT molecular complexity index is 480. The zero-order valence-corrected chi connectivity index (χ0v) is 11.2. The molecule has 1 aromatic heterocycles. The predicted molar refractivity (Wildman–Crippen MR) is 67.3 cm³/mol. The zero-order chi connectivity index (χ0) is 12.2. The van der Waals surface area contributed by atoms with Crippen LogP contribution in [0.5, 0.6) is 0 Å². The maximum atomic E-state index is 11.7. The highest BCUT2D eigenvalue weighted by Gasteiger charge is 2.17. The summed E-state index contributed by atoms with van der Waals surface area (Å²) in [5.74, 6) is 2.45. The average molecular weight is 278 g/mol. The molecule has 1 aromatic rings. The molecule has 88 valence electrons. The maximum absolute atomic E-state index is 11.7. The van der Waals surface area contributed by atoms with E-state index in [0.717, 1.165) is 16.9 Å². The van der Waals surface area contributed by atoms with E-state index in [1.54, 1.807) is 13.0 Å². The molecule has 0 spiro atoms. The van der Waals surface area contributed by atoms with Gasteiger partial charge >= 0.3 is 0 Å². The summed E-state index contributed by atoms with van der Waals surface area (Å²) < 4.78 is 26.7. The van der Waals surface area contributed by atoms with Crippen molar-refractivity contribution in [1.82, 2.24) is 4.72 Å². The quantitative estimate of drug-likeness (QED) is 0.664. The molecular formula is C10H12ClNO2S2. The Labute approximate surface area is 105 Å². The normalized spacial score (nSPS) is 11.3. The molecular weight excluding hydrogens is 266 g/mol. The standard InChI is InChI=1S/C10H12ClNO2S2/c1-3-4-5-6-12-16(13,14)9-7-8(2)10(11)15-9/h1,7,12H,4-6H2,2H3. The Balaban J connectivity index is 2.68. The van der Waals surface area contributed by atoms with Crippen molar-refractivity contribution in [3.05, 3.63) is 16.0 Å². The van der Waals surface area contributed by atoms with Gasteiger partial charge in [-0.25, -0.2) is 13.1 Å². The van der Waals surface area contributed by atoms with Gasteiger partial charge in [-0.3, -0.25) is 0 Å². The van der Waals surface area contributed by atoms with Gasteiger partial charge in [0.05, 0.1) is 4.34 Å². The molecule has 0 aliphatic rings. The lowest BCUT2D eigenvalue weighted by Crippen LogP contribution is -2.23. The van der Waals surface area contributed by atoms with Crippen molar-refractivity contribution in [2.75, 3.05) is 6.54 Å². The van der Waals surface area contributed by atoms with Gasteiger partial charge in [0.15, 0.2) is 0 Å². The highest BCUT2D eigenvalue weighted by atomic mass is 35.5. The van der Waals surface area contributed by atoms with Crippen LogP contribution in [0.1, 0.15) is 18.4 Å². The van der Waals surface area contributed by atoms with Crippen LogP contribution in [0.25, 0.3) is 0 Å². The predicted octanol–water partition coefficient (Wildman–Crippen LogP) is 2.40. The summed E-state index contributed by atoms with van der Waals surface area (Å²) in [7, 11) is -3.43. The lowest BCUT2D eigenvalue weighted by atomic mass is 10.3. The molecule has 1 N–H and O–H groups in total. The maximum Gasteiger partial charge on any atom is 0.250 e. The van der Waals surface area contributed by atoms with E-state index in [9.17, 15) is 8.42 Å². The molecule has 0 aliphatic carbocycles. The molecule has 6 heteroatoms. The van der Waals surface area contributed by atoms with E-state index < -0.39 is 10.0 Å². The summed E-state index contributed by atoms with van der Waals surface area (Å²) in [6, 6.07) is 1.57. The van der Waals surface area contributed by atoms with E-state index in [-0.39, 0.29) is 4.21 Å². The highest BCUT2D eigenvalue weighted by Crippen LogP contribution is 2.29. The minimum Gasteiger partial charge on any atom is -0.210 e. The minimum absolute atomic E-state index is 0.246. The first kappa shape index (κ1) is 13.5. The van der Waals surface area contributed by atoms with Crippen molar-refractivity contribution >= 4 is 33.0 Å². The van der Waals surface area contributed by atoms with E-state index in [0.29, 0.717) is 23.7 Å². The third-order valence-electron chi connectivity index (χ3n) is 1.89. The Morgan fingerprint density at radius 1 is 1.62 bits per heavy atom. The van der Waals surface area contributed by atoms with Crippen LogP contribution < -0.4 is 4.72 Å². The molecule has 1 heterocycles. The van der Waals surface area contributed by atoms with E-state index in [1.807, 2.05) is 0 Å². The molecule has 1 rings (SSSR count). The van der Waals surface area contributed by atoms with Crippen LogP contribution in [0.2, 0.25) is 4.34 Å². The highest BCUT2D eigenvalue weighted by molar-refractivity contribution is 7.91. The molecule has 16 heavy (non-hydrogen) atoms. The van der Waals surface area contributed by atoms with Crippen LogP contribution in [0.4, 0.5) is 0 Å². The molecule has 0 radical (unpaired) electrons. The van der Waals surface area contributed by atoms with Gasteiger partial charge in [-0.1, -0.05) is 11.6 Å². The number of sulfonamides is 1. The number of thiophene rings is 1. The van der Waals surface area contributed by atoms with Gasteiger partial charge in [0.25, 0.3) is 0 Å². The van der Waals surface area contributed by atoms with Crippen molar-refractivity contribution in [3.8, 4) is 12.3 Å². The molecule has 0 saturated carbocycles. The fourth-order valence-corrected chi connectivity index (χ4v) is 3.86. The van der Waals surface area contributed by atoms with E-state index >= 15 is 0 Å². The van der Waals surface area contributed by atoms with Gasteiger partial charge in [-0.15, -0.1) is 23.7 Å². The molecule has 0 saturated heterocycles. The second-order valence-electron chi connectivity index (χ2n) is 3.23. The van der Waals surface area contributed by atoms with Gasteiger partial charge in [0, 0.05) is 13.0 Å². The van der Waals surface area contributed by atoms with Crippen LogP contribution in [0, 0.1) is 19.3 Å². The summed E-state index contributed by atoms with van der Waals surface area (Å²) in [6.07, 6.45) is 6.27. The third-order valence-corrected chi connectivity index (χ3v) is 5.38. The Morgan fingerprint density at radius 3 is 2.81 bits per heavy atom. The van der Waals surface area contributed by atoms with Crippen molar-refractivity contribution in [1.29, 1.82) is 0 Å². The first-order valence-electron chi connectivity index (χ1n) is 4.66. The van der Waals surface area contributed by atoms with Gasteiger partial charge in [0.1, 0.15) is 4.21 Å². The van der Waals surface area contributed by atoms with E-state index in [2.05, 4.69) is 10.6 Å². The lowest BCUT2D eigenvalue weighted by Gasteiger charge is -2.02. The summed E-state index contributed by atoms with van der Waals surface area (Å²) in [6.45, 7) is 2.12. The first-order chi connectivity index (χ1) is 7.47.